The zero-order valence-corrected chi connectivity index (χ0v) is 12.7. The summed E-state index contributed by atoms with van der Waals surface area (Å²) in [5, 5.41) is 9.70. The van der Waals surface area contributed by atoms with Crippen LogP contribution in [0.25, 0.3) is 0 Å². The minimum absolute atomic E-state index is 0.0495. The number of rotatable bonds is 4. The standard InChI is InChI=1S/C16H13Cl2NO2/c17-15-5-4-13(8-16(15)18)11-21-14-7-12(9-19-10-14)3-1-2-6-20/h4-5,7-10,20H,2,6,11H2. The van der Waals surface area contributed by atoms with E-state index in [-0.39, 0.29) is 6.61 Å². The van der Waals surface area contributed by atoms with Gasteiger partial charge in [0.2, 0.25) is 0 Å². The molecule has 108 valence electrons. The molecular formula is C16H13Cl2NO2. The number of hydrogen-bond donors (Lipinski definition) is 1. The molecule has 0 saturated heterocycles. The summed E-state index contributed by atoms with van der Waals surface area (Å²) in [6.45, 7) is 0.417. The summed E-state index contributed by atoms with van der Waals surface area (Å²) < 4.78 is 5.65. The summed E-state index contributed by atoms with van der Waals surface area (Å²) in [6.07, 6.45) is 3.71. The van der Waals surface area contributed by atoms with Crippen LogP contribution in [0, 0.1) is 11.8 Å². The summed E-state index contributed by atoms with van der Waals surface area (Å²) in [6, 6.07) is 7.15. The summed E-state index contributed by atoms with van der Waals surface area (Å²) >= 11 is 11.8. The maximum atomic E-state index is 8.69. The lowest BCUT2D eigenvalue weighted by Gasteiger charge is -2.07. The van der Waals surface area contributed by atoms with Crippen LogP contribution in [0.1, 0.15) is 17.5 Å². The number of halogens is 2. The molecule has 1 heterocycles. The normalized spacial score (nSPS) is 9.86. The fourth-order valence-corrected chi connectivity index (χ4v) is 1.90. The molecule has 0 aliphatic carbocycles. The van der Waals surface area contributed by atoms with Crippen LogP contribution in [0.15, 0.2) is 36.7 Å². The van der Waals surface area contributed by atoms with Gasteiger partial charge in [-0.3, -0.25) is 4.98 Å². The molecule has 0 aliphatic rings. The predicted molar refractivity (Wildman–Crippen MR) is 83.6 cm³/mol. The van der Waals surface area contributed by atoms with Crippen molar-refractivity contribution in [3.63, 3.8) is 0 Å². The molecule has 0 bridgehead atoms. The van der Waals surface area contributed by atoms with E-state index in [0.717, 1.165) is 11.1 Å². The molecule has 0 aliphatic heterocycles. The SMILES string of the molecule is OCCC#Cc1cncc(OCc2ccc(Cl)c(Cl)c2)c1. The van der Waals surface area contributed by atoms with Crippen molar-refractivity contribution in [2.75, 3.05) is 6.61 Å². The van der Waals surface area contributed by atoms with Crippen LogP contribution in [-0.4, -0.2) is 16.7 Å². The van der Waals surface area contributed by atoms with E-state index in [1.807, 2.05) is 6.07 Å². The van der Waals surface area contributed by atoms with E-state index in [0.29, 0.717) is 28.8 Å². The second kappa shape index (κ2) is 7.90. The molecular weight excluding hydrogens is 309 g/mol. The zero-order valence-electron chi connectivity index (χ0n) is 11.1. The van der Waals surface area contributed by atoms with Gasteiger partial charge in [0.15, 0.2) is 0 Å². The third-order valence-electron chi connectivity index (χ3n) is 2.57. The number of hydrogen-bond acceptors (Lipinski definition) is 3. The minimum Gasteiger partial charge on any atom is -0.487 e. The van der Waals surface area contributed by atoms with Crippen molar-refractivity contribution < 1.29 is 9.84 Å². The third-order valence-corrected chi connectivity index (χ3v) is 3.31. The number of aromatic nitrogens is 1. The van der Waals surface area contributed by atoms with Gasteiger partial charge >= 0.3 is 0 Å². The van der Waals surface area contributed by atoms with E-state index in [2.05, 4.69) is 16.8 Å². The average molecular weight is 322 g/mol. The van der Waals surface area contributed by atoms with Gasteiger partial charge in [0.1, 0.15) is 12.4 Å². The molecule has 0 radical (unpaired) electrons. The Labute approximate surface area is 133 Å². The number of benzene rings is 1. The van der Waals surface area contributed by atoms with Crippen LogP contribution in [-0.2, 0) is 6.61 Å². The lowest BCUT2D eigenvalue weighted by Crippen LogP contribution is -1.96. The molecule has 2 rings (SSSR count). The average Bonchev–Trinajstić information content (AvgIpc) is 2.49. The van der Waals surface area contributed by atoms with Crippen molar-refractivity contribution in [3.05, 3.63) is 57.8 Å². The number of aliphatic hydroxyl groups excluding tert-OH is 1. The molecule has 0 amide bonds. The highest BCUT2D eigenvalue weighted by Crippen LogP contribution is 2.23. The monoisotopic (exact) mass is 321 g/mol. The Bertz CT molecular complexity index is 677. The first-order valence-electron chi connectivity index (χ1n) is 6.30. The second-order valence-electron chi connectivity index (χ2n) is 4.22. The third kappa shape index (κ3) is 4.95. The van der Waals surface area contributed by atoms with Crippen LogP contribution >= 0.6 is 23.2 Å². The highest BCUT2D eigenvalue weighted by atomic mass is 35.5. The summed E-state index contributed by atoms with van der Waals surface area (Å²) in [7, 11) is 0. The largest absolute Gasteiger partial charge is 0.487 e. The summed E-state index contributed by atoms with van der Waals surface area (Å²) in [4.78, 5) is 4.07. The molecule has 2 aromatic rings. The number of pyridine rings is 1. The Hall–Kier alpha value is -1.73. The Balaban J connectivity index is 2.01. The van der Waals surface area contributed by atoms with Crippen molar-refractivity contribution in [1.82, 2.24) is 4.98 Å². The molecule has 3 nitrogen and oxygen atoms in total. The van der Waals surface area contributed by atoms with Crippen molar-refractivity contribution in [1.29, 1.82) is 0 Å². The van der Waals surface area contributed by atoms with Gasteiger partial charge in [-0.1, -0.05) is 41.1 Å². The molecule has 1 aromatic heterocycles. The van der Waals surface area contributed by atoms with Crippen molar-refractivity contribution in [3.8, 4) is 17.6 Å². The van der Waals surface area contributed by atoms with Crippen LogP contribution in [0.5, 0.6) is 5.75 Å². The zero-order chi connectivity index (χ0) is 15.1. The van der Waals surface area contributed by atoms with Crippen molar-refractivity contribution >= 4 is 23.2 Å². The van der Waals surface area contributed by atoms with E-state index in [4.69, 9.17) is 33.0 Å². The Morgan fingerprint density at radius 1 is 1.14 bits per heavy atom. The molecule has 1 N–H and O–H groups in total. The number of aliphatic hydroxyl groups is 1. The molecule has 1 aromatic carbocycles. The van der Waals surface area contributed by atoms with Crippen molar-refractivity contribution in [2.45, 2.75) is 13.0 Å². The van der Waals surface area contributed by atoms with E-state index < -0.39 is 0 Å². The van der Waals surface area contributed by atoms with Crippen LogP contribution in [0.4, 0.5) is 0 Å². The molecule has 0 unspecified atom stereocenters. The Morgan fingerprint density at radius 2 is 2.00 bits per heavy atom. The molecule has 0 spiro atoms. The maximum absolute atomic E-state index is 8.69. The Morgan fingerprint density at radius 3 is 2.76 bits per heavy atom. The second-order valence-corrected chi connectivity index (χ2v) is 5.04. The van der Waals surface area contributed by atoms with Gasteiger partial charge in [0.05, 0.1) is 22.8 Å². The fourth-order valence-electron chi connectivity index (χ4n) is 1.58. The van der Waals surface area contributed by atoms with Gasteiger partial charge < -0.3 is 9.84 Å². The van der Waals surface area contributed by atoms with Gasteiger partial charge in [-0.25, -0.2) is 0 Å². The van der Waals surface area contributed by atoms with Gasteiger partial charge in [-0.05, 0) is 23.8 Å². The van der Waals surface area contributed by atoms with Crippen LogP contribution in [0.2, 0.25) is 10.0 Å². The first-order valence-corrected chi connectivity index (χ1v) is 7.06. The van der Waals surface area contributed by atoms with E-state index in [1.54, 1.807) is 30.6 Å². The first kappa shape index (κ1) is 15.7. The summed E-state index contributed by atoms with van der Waals surface area (Å²) in [5.74, 6) is 6.37. The summed E-state index contributed by atoms with van der Waals surface area (Å²) in [5.41, 5.74) is 1.66. The van der Waals surface area contributed by atoms with Gasteiger partial charge in [0, 0.05) is 18.2 Å². The molecule has 0 saturated carbocycles. The lowest BCUT2D eigenvalue weighted by molar-refractivity contribution is 0.305. The van der Waals surface area contributed by atoms with Crippen LogP contribution < -0.4 is 4.74 Å². The van der Waals surface area contributed by atoms with Crippen molar-refractivity contribution in [2.24, 2.45) is 0 Å². The smallest absolute Gasteiger partial charge is 0.139 e. The van der Waals surface area contributed by atoms with E-state index in [1.165, 1.54) is 0 Å². The quantitative estimate of drug-likeness (QED) is 0.873. The van der Waals surface area contributed by atoms with Gasteiger partial charge in [-0.15, -0.1) is 0 Å². The minimum atomic E-state index is 0.0495. The topological polar surface area (TPSA) is 42.4 Å². The lowest BCUT2D eigenvalue weighted by atomic mass is 10.2. The Kier molecular flexibility index (Phi) is 5.89. The maximum Gasteiger partial charge on any atom is 0.139 e. The van der Waals surface area contributed by atoms with E-state index in [9.17, 15) is 0 Å². The van der Waals surface area contributed by atoms with Crippen LogP contribution in [0.3, 0.4) is 0 Å². The molecule has 5 heteroatoms. The highest BCUT2D eigenvalue weighted by Gasteiger charge is 2.01. The first-order chi connectivity index (χ1) is 10.2. The van der Waals surface area contributed by atoms with Gasteiger partial charge in [-0.2, -0.15) is 0 Å². The molecule has 21 heavy (non-hydrogen) atoms. The van der Waals surface area contributed by atoms with E-state index >= 15 is 0 Å². The van der Waals surface area contributed by atoms with Gasteiger partial charge in [0.25, 0.3) is 0 Å². The fraction of sp³-hybridized carbons (Fsp3) is 0.188. The molecule has 0 atom stereocenters. The predicted octanol–water partition coefficient (Wildman–Crippen LogP) is 3.70. The number of nitrogens with zero attached hydrogens (tertiary/aromatic N) is 1. The molecule has 0 fully saturated rings. The highest BCUT2D eigenvalue weighted by molar-refractivity contribution is 6.42. The number of ether oxygens (including phenoxy) is 1.